The molecule has 0 aromatic heterocycles. The molecule has 0 aliphatic carbocycles. The first-order valence-corrected chi connectivity index (χ1v) is 2.97. The summed E-state index contributed by atoms with van der Waals surface area (Å²) in [6.07, 6.45) is -0.415. The first-order valence-electron chi connectivity index (χ1n) is 2.97. The Morgan fingerprint density at radius 3 is 2.64 bits per heavy atom. The lowest BCUT2D eigenvalue weighted by atomic mass is 10.1. The Hall–Kier alpha value is -1.18. The second-order valence-electron chi connectivity index (χ2n) is 2.24. The minimum Gasteiger partial charge on any atom is -0.343 e. The van der Waals surface area contributed by atoms with Gasteiger partial charge in [0.15, 0.2) is 0 Å². The van der Waals surface area contributed by atoms with Crippen LogP contribution in [0.2, 0.25) is 0 Å². The van der Waals surface area contributed by atoms with E-state index in [1.165, 1.54) is 6.07 Å². The summed E-state index contributed by atoms with van der Waals surface area (Å²) in [6.45, 7) is 0.698. The zero-order valence-corrected chi connectivity index (χ0v) is 5.97. The SMILES string of the molecule is CC(F)(F)CC(C#N)NC=O. The predicted octanol–water partition coefficient (Wildman–Crippen LogP) is 0.670. The molecule has 1 amide bonds. The number of carbonyl (C=O) groups is 1. The number of hydrogen-bond acceptors (Lipinski definition) is 2. The van der Waals surface area contributed by atoms with Crippen molar-refractivity contribution in [2.75, 3.05) is 0 Å². The summed E-state index contributed by atoms with van der Waals surface area (Å²) in [7, 11) is 0. The Kier molecular flexibility index (Phi) is 3.45. The Balaban J connectivity index is 3.90. The van der Waals surface area contributed by atoms with Gasteiger partial charge in [0.25, 0.3) is 0 Å². The highest BCUT2D eigenvalue weighted by molar-refractivity contribution is 5.47. The maximum Gasteiger partial charge on any atom is 0.248 e. The highest BCUT2D eigenvalue weighted by Gasteiger charge is 2.26. The van der Waals surface area contributed by atoms with Gasteiger partial charge < -0.3 is 5.32 Å². The van der Waals surface area contributed by atoms with E-state index in [0.29, 0.717) is 6.92 Å². The molecule has 3 nitrogen and oxygen atoms in total. The molecule has 0 saturated carbocycles. The van der Waals surface area contributed by atoms with Gasteiger partial charge in [-0.2, -0.15) is 5.26 Å². The van der Waals surface area contributed by atoms with Gasteiger partial charge >= 0.3 is 0 Å². The van der Waals surface area contributed by atoms with Crippen molar-refractivity contribution < 1.29 is 13.6 Å². The third-order valence-corrected chi connectivity index (χ3v) is 0.988. The maximum absolute atomic E-state index is 12.2. The quantitative estimate of drug-likeness (QED) is 0.617. The van der Waals surface area contributed by atoms with Crippen LogP contribution in [0.5, 0.6) is 0 Å². The van der Waals surface area contributed by atoms with Gasteiger partial charge in [0.2, 0.25) is 12.3 Å². The monoisotopic (exact) mass is 162 g/mol. The van der Waals surface area contributed by atoms with Crippen LogP contribution in [0.15, 0.2) is 0 Å². The second kappa shape index (κ2) is 3.86. The zero-order chi connectivity index (χ0) is 8.91. The fraction of sp³-hybridized carbons (Fsp3) is 0.667. The van der Waals surface area contributed by atoms with Crippen molar-refractivity contribution >= 4 is 6.41 Å². The van der Waals surface area contributed by atoms with Crippen molar-refractivity contribution in [2.24, 2.45) is 0 Å². The number of amides is 1. The molecule has 0 rings (SSSR count). The van der Waals surface area contributed by atoms with Crippen LogP contribution >= 0.6 is 0 Å². The van der Waals surface area contributed by atoms with Crippen molar-refractivity contribution in [1.82, 2.24) is 5.32 Å². The first-order chi connectivity index (χ1) is 4.99. The summed E-state index contributed by atoms with van der Waals surface area (Å²) in [4.78, 5) is 9.75. The average molecular weight is 162 g/mol. The van der Waals surface area contributed by atoms with Gasteiger partial charge in [-0.05, 0) is 6.92 Å². The molecule has 0 bridgehead atoms. The molecule has 62 valence electrons. The number of nitriles is 1. The van der Waals surface area contributed by atoms with Crippen LogP contribution in [0, 0.1) is 11.3 Å². The third kappa shape index (κ3) is 5.27. The van der Waals surface area contributed by atoms with E-state index in [1.54, 1.807) is 0 Å². The van der Waals surface area contributed by atoms with E-state index in [9.17, 15) is 13.6 Å². The predicted molar refractivity (Wildman–Crippen MR) is 33.8 cm³/mol. The van der Waals surface area contributed by atoms with Gasteiger partial charge in [0.1, 0.15) is 6.04 Å². The van der Waals surface area contributed by atoms with Crippen molar-refractivity contribution in [3.63, 3.8) is 0 Å². The van der Waals surface area contributed by atoms with Crippen molar-refractivity contribution in [3.8, 4) is 6.07 Å². The fourth-order valence-electron chi connectivity index (χ4n) is 0.582. The number of nitrogens with one attached hydrogen (secondary N) is 1. The molecule has 5 heteroatoms. The van der Waals surface area contributed by atoms with E-state index >= 15 is 0 Å². The summed E-state index contributed by atoms with van der Waals surface area (Å²) in [5.74, 6) is -2.92. The highest BCUT2D eigenvalue weighted by atomic mass is 19.3. The highest BCUT2D eigenvalue weighted by Crippen LogP contribution is 2.18. The number of rotatable bonds is 4. The van der Waals surface area contributed by atoms with Crippen molar-refractivity contribution in [3.05, 3.63) is 0 Å². The van der Waals surface area contributed by atoms with E-state index in [1.807, 2.05) is 5.32 Å². The van der Waals surface area contributed by atoms with Gasteiger partial charge in [-0.25, -0.2) is 8.78 Å². The molecule has 1 N–H and O–H groups in total. The lowest BCUT2D eigenvalue weighted by Crippen LogP contribution is -2.31. The average Bonchev–Trinajstić information content (AvgIpc) is 1.84. The maximum atomic E-state index is 12.2. The van der Waals surface area contributed by atoms with Gasteiger partial charge in [0, 0.05) is 6.42 Å². The zero-order valence-electron chi connectivity index (χ0n) is 5.97. The molecule has 0 spiro atoms. The Bertz CT molecular complexity index is 170. The molecule has 0 aliphatic heterocycles. The molecular weight excluding hydrogens is 154 g/mol. The summed E-state index contributed by atoms with van der Waals surface area (Å²) in [5.41, 5.74) is 0. The van der Waals surface area contributed by atoms with E-state index in [2.05, 4.69) is 0 Å². The summed E-state index contributed by atoms with van der Waals surface area (Å²) in [5, 5.41) is 10.2. The molecule has 0 aromatic rings. The van der Waals surface area contributed by atoms with Crippen molar-refractivity contribution in [1.29, 1.82) is 5.26 Å². The van der Waals surface area contributed by atoms with Gasteiger partial charge in [-0.3, -0.25) is 4.79 Å². The van der Waals surface area contributed by atoms with E-state index in [0.717, 1.165) is 0 Å². The first kappa shape index (κ1) is 9.82. The normalized spacial score (nSPS) is 13.3. The number of nitrogens with zero attached hydrogens (tertiary/aromatic N) is 1. The molecule has 0 heterocycles. The Morgan fingerprint density at radius 2 is 2.36 bits per heavy atom. The minimum absolute atomic E-state index is 0.236. The van der Waals surface area contributed by atoms with Crippen LogP contribution in [-0.2, 0) is 4.79 Å². The number of carbonyl (C=O) groups excluding carboxylic acids is 1. The van der Waals surface area contributed by atoms with E-state index in [-0.39, 0.29) is 6.41 Å². The molecule has 1 unspecified atom stereocenters. The summed E-state index contributed by atoms with van der Waals surface area (Å²) >= 11 is 0. The van der Waals surface area contributed by atoms with Crippen LogP contribution in [0.3, 0.4) is 0 Å². The minimum atomic E-state index is -2.92. The van der Waals surface area contributed by atoms with E-state index in [4.69, 9.17) is 5.26 Å². The molecule has 0 aromatic carbocycles. The second-order valence-corrected chi connectivity index (χ2v) is 2.24. The third-order valence-electron chi connectivity index (χ3n) is 0.988. The van der Waals surface area contributed by atoms with Crippen LogP contribution < -0.4 is 5.32 Å². The number of alkyl halides is 2. The Morgan fingerprint density at radius 1 is 1.82 bits per heavy atom. The lowest BCUT2D eigenvalue weighted by Gasteiger charge is -2.13. The van der Waals surface area contributed by atoms with Crippen LogP contribution in [0.25, 0.3) is 0 Å². The van der Waals surface area contributed by atoms with Gasteiger partial charge in [0.05, 0.1) is 6.07 Å². The number of hydrogen-bond donors (Lipinski definition) is 1. The summed E-state index contributed by atoms with van der Waals surface area (Å²) < 4.78 is 24.4. The smallest absolute Gasteiger partial charge is 0.248 e. The van der Waals surface area contributed by atoms with Crippen LogP contribution in [-0.4, -0.2) is 18.4 Å². The number of halogens is 2. The van der Waals surface area contributed by atoms with E-state index < -0.39 is 18.4 Å². The van der Waals surface area contributed by atoms with Gasteiger partial charge in [-0.15, -0.1) is 0 Å². The van der Waals surface area contributed by atoms with Crippen LogP contribution in [0.1, 0.15) is 13.3 Å². The molecule has 1 atom stereocenters. The standard InChI is InChI=1S/C6H8F2N2O/c1-6(7,8)2-5(3-9)10-4-11/h4-5H,2H2,1H3,(H,10,11). The molecule has 11 heavy (non-hydrogen) atoms. The Labute approximate surface area is 63.0 Å². The summed E-state index contributed by atoms with van der Waals surface area (Å²) in [6, 6.07) is 0.433. The van der Waals surface area contributed by atoms with Crippen LogP contribution in [0.4, 0.5) is 8.78 Å². The largest absolute Gasteiger partial charge is 0.343 e. The topological polar surface area (TPSA) is 52.9 Å². The lowest BCUT2D eigenvalue weighted by molar-refractivity contribution is -0.110. The molecule has 0 aliphatic rings. The molecular formula is C6H8F2N2O. The molecule has 0 fully saturated rings. The van der Waals surface area contributed by atoms with Crippen molar-refractivity contribution in [2.45, 2.75) is 25.3 Å². The van der Waals surface area contributed by atoms with Gasteiger partial charge in [-0.1, -0.05) is 0 Å². The molecule has 0 saturated heterocycles. The molecule has 0 radical (unpaired) electrons. The fourth-order valence-corrected chi connectivity index (χ4v) is 0.582.